The average Bonchev–Trinajstić information content (AvgIpc) is 2.53. The molecule has 0 atom stereocenters. The minimum atomic E-state index is -4.31. The Labute approximate surface area is 221 Å². The number of hydrogen-bond donors (Lipinski definition) is 0. The quantitative estimate of drug-likeness (QED) is 0.215. The Balaban J connectivity index is -0.000000120. The molecular formula is C16H36O6P2S2Zn3. The zero-order valence-electron chi connectivity index (χ0n) is 18.8. The van der Waals surface area contributed by atoms with Gasteiger partial charge in [-0.25, -0.2) is 20.1 Å². The van der Waals surface area contributed by atoms with Crippen molar-refractivity contribution in [1.82, 2.24) is 0 Å². The van der Waals surface area contributed by atoms with Crippen molar-refractivity contribution in [2.75, 3.05) is 23.0 Å². The summed E-state index contributed by atoms with van der Waals surface area (Å²) in [6, 6.07) is 0. The zero-order valence-corrected chi connectivity index (χ0v) is 31.1. The van der Waals surface area contributed by atoms with Crippen molar-refractivity contribution in [3.05, 3.63) is 0 Å². The van der Waals surface area contributed by atoms with Crippen LogP contribution in [0.1, 0.15) is 79.1 Å². The minimum absolute atomic E-state index is 0. The van der Waals surface area contributed by atoms with Gasteiger partial charge in [-0.1, -0.05) is 53.4 Å². The molecule has 0 unspecified atom stereocenters. The van der Waals surface area contributed by atoms with Gasteiger partial charge in [-0.15, -0.1) is 0 Å². The van der Waals surface area contributed by atoms with E-state index >= 15 is 0 Å². The second-order valence-electron chi connectivity index (χ2n) is 6.05. The van der Waals surface area contributed by atoms with Crippen LogP contribution in [0.4, 0.5) is 0 Å². The molecule has 13 heteroatoms. The predicted octanol–water partition coefficient (Wildman–Crippen LogP) is -0.0807. The zero-order chi connectivity index (χ0) is 20.6. The van der Waals surface area contributed by atoms with Crippen molar-refractivity contribution in [2.45, 2.75) is 79.1 Å². The second kappa shape index (κ2) is 25.8. The van der Waals surface area contributed by atoms with Crippen LogP contribution in [-0.4, -0.2) is 23.0 Å². The van der Waals surface area contributed by atoms with Gasteiger partial charge in [-0.2, -0.15) is 0 Å². The molecule has 0 aromatic heterocycles. The first-order valence-electron chi connectivity index (χ1n) is 9.44. The number of hydrogen-bond acceptors (Lipinski definition) is 6. The third-order valence-electron chi connectivity index (χ3n) is 3.57. The molecule has 0 aliphatic carbocycles. The van der Waals surface area contributed by atoms with Crippen LogP contribution >= 0.6 is 13.4 Å². The molecule has 0 N–H and O–H groups in total. The van der Waals surface area contributed by atoms with Crippen LogP contribution in [0.15, 0.2) is 0 Å². The predicted molar refractivity (Wildman–Crippen MR) is 108 cm³/mol. The molecule has 0 aliphatic rings. The summed E-state index contributed by atoms with van der Waals surface area (Å²) in [6.45, 7) is -0.607. The third-order valence-corrected chi connectivity index (χ3v) is 13.9. The van der Waals surface area contributed by atoms with Crippen LogP contribution in [0, 0.1) is 0 Å². The molecule has 0 spiro atoms. The van der Waals surface area contributed by atoms with Crippen LogP contribution < -0.4 is 29.4 Å². The largest absolute Gasteiger partial charge is 2.00 e. The maximum Gasteiger partial charge on any atom is 2.00 e. The molecule has 6 nitrogen and oxygen atoms in total. The van der Waals surface area contributed by atoms with Crippen LogP contribution in [0.5, 0.6) is 0 Å². The van der Waals surface area contributed by atoms with E-state index in [1.807, 2.05) is 27.7 Å². The van der Waals surface area contributed by atoms with Crippen LogP contribution in [-0.2, 0) is 78.6 Å². The van der Waals surface area contributed by atoms with Gasteiger partial charge in [0.1, 0.15) is 0 Å². The Morgan fingerprint density at radius 2 is 0.621 bits per heavy atom. The van der Waals surface area contributed by atoms with E-state index < -0.39 is 33.6 Å². The Morgan fingerprint density at radius 3 is 0.724 bits per heavy atom. The summed E-state index contributed by atoms with van der Waals surface area (Å²) >= 11 is 0. The van der Waals surface area contributed by atoms with Crippen molar-refractivity contribution < 1.29 is 87.8 Å². The van der Waals surface area contributed by atoms with E-state index in [9.17, 15) is 29.4 Å². The van der Waals surface area contributed by atoms with Gasteiger partial charge in [0.25, 0.3) is 0 Å². The van der Waals surface area contributed by atoms with Gasteiger partial charge in [0.2, 0.25) is 0 Å². The summed E-state index contributed by atoms with van der Waals surface area (Å²) in [5.41, 5.74) is 0. The summed E-state index contributed by atoms with van der Waals surface area (Å²) in [7, 11) is -1.79. The SMILES string of the molecule is CCCCS(CCCC)=P([O-])([O-])[O-].CCCCS(CCCC)=P([O-])([O-])[O-].[Zn+2].[Zn+2].[Zn+2]. The number of unbranched alkanes of at least 4 members (excludes halogenated alkanes) is 4. The standard InChI is InChI=1S/2C8H18O3PS.3Zn/c2*1-3-5-7-13(8-6-4-2)12(9,10)11;;;/h2*3-8H2,1-2H3;;;/q2*-3;3*+2. The molecular weight excluding hydrogens is 610 g/mol. The fraction of sp³-hybridized carbons (Fsp3) is 1.00. The average molecular weight is 647 g/mol. The summed E-state index contributed by atoms with van der Waals surface area (Å²) in [6.07, 6.45) is 7.21. The first-order chi connectivity index (χ1) is 12.0. The van der Waals surface area contributed by atoms with E-state index in [0.29, 0.717) is 23.0 Å². The Bertz CT molecular complexity index is 395. The Hall–Kier alpha value is 3.19. The molecule has 0 aromatic carbocycles. The van der Waals surface area contributed by atoms with E-state index in [4.69, 9.17) is 0 Å². The first kappa shape index (κ1) is 42.4. The molecule has 0 saturated heterocycles. The Morgan fingerprint density at radius 1 is 0.448 bits per heavy atom. The Kier molecular flexibility index (Phi) is 37.7. The van der Waals surface area contributed by atoms with Gasteiger partial charge in [0.15, 0.2) is 0 Å². The van der Waals surface area contributed by atoms with E-state index in [2.05, 4.69) is 0 Å². The molecule has 0 aliphatic heterocycles. The van der Waals surface area contributed by atoms with E-state index in [1.54, 1.807) is 0 Å². The van der Waals surface area contributed by atoms with Crippen molar-refractivity contribution in [3.8, 4) is 0 Å². The summed E-state index contributed by atoms with van der Waals surface area (Å²) in [5.74, 6) is 2.28. The topological polar surface area (TPSA) is 138 Å². The maximum absolute atomic E-state index is 10.8. The van der Waals surface area contributed by atoms with Gasteiger partial charge in [-0.3, -0.25) is 0 Å². The van der Waals surface area contributed by atoms with Crippen molar-refractivity contribution >= 4 is 33.6 Å². The second-order valence-corrected chi connectivity index (χ2v) is 17.1. The van der Waals surface area contributed by atoms with Crippen LogP contribution in [0.3, 0.4) is 0 Å². The number of rotatable bonds is 12. The fourth-order valence-corrected chi connectivity index (χ4v) is 9.92. The molecule has 0 heterocycles. The summed E-state index contributed by atoms with van der Waals surface area (Å²) < 4.78 is 0. The van der Waals surface area contributed by atoms with E-state index in [0.717, 1.165) is 51.4 Å². The van der Waals surface area contributed by atoms with Gasteiger partial charge in [0, 0.05) is 0 Å². The van der Waals surface area contributed by atoms with E-state index in [1.165, 1.54) is 0 Å². The molecule has 0 saturated carbocycles. The normalized spacial score (nSPS) is 11.2. The van der Waals surface area contributed by atoms with Gasteiger partial charge < -0.3 is 42.8 Å². The molecule has 0 radical (unpaired) electrons. The first-order valence-corrected chi connectivity index (χ1v) is 16.9. The fourth-order valence-electron chi connectivity index (χ4n) is 1.90. The molecule has 0 rings (SSSR count). The van der Waals surface area contributed by atoms with Crippen LogP contribution in [0.25, 0.3) is 0 Å². The van der Waals surface area contributed by atoms with Gasteiger partial charge in [0.05, 0.1) is 0 Å². The monoisotopic (exact) mass is 642 g/mol. The van der Waals surface area contributed by atoms with E-state index in [-0.39, 0.29) is 58.4 Å². The van der Waals surface area contributed by atoms with Gasteiger partial charge >= 0.3 is 58.4 Å². The van der Waals surface area contributed by atoms with Gasteiger partial charge in [-0.05, 0) is 48.7 Å². The van der Waals surface area contributed by atoms with Crippen LogP contribution in [0.2, 0.25) is 0 Å². The molecule has 0 fully saturated rings. The van der Waals surface area contributed by atoms with Crippen molar-refractivity contribution in [2.24, 2.45) is 0 Å². The maximum atomic E-state index is 10.8. The molecule has 0 bridgehead atoms. The molecule has 164 valence electrons. The van der Waals surface area contributed by atoms with Crippen molar-refractivity contribution in [3.63, 3.8) is 0 Å². The smallest absolute Gasteiger partial charge is 0.848 e. The summed E-state index contributed by atoms with van der Waals surface area (Å²) in [5, 5.41) is 0. The molecule has 0 amide bonds. The molecule has 0 aromatic rings. The minimum Gasteiger partial charge on any atom is -0.848 e. The third kappa shape index (κ3) is 27.3. The molecule has 29 heavy (non-hydrogen) atoms. The summed E-state index contributed by atoms with van der Waals surface area (Å²) in [4.78, 5) is 65.0. The van der Waals surface area contributed by atoms with Crippen molar-refractivity contribution in [1.29, 1.82) is 0 Å².